The Balaban J connectivity index is 3.89. The summed E-state index contributed by atoms with van der Waals surface area (Å²) >= 11 is 5.04. The Labute approximate surface area is 77.1 Å². The third-order valence-corrected chi connectivity index (χ3v) is 3.68. The van der Waals surface area contributed by atoms with E-state index in [-0.39, 0.29) is 12.3 Å². The fourth-order valence-corrected chi connectivity index (χ4v) is 1.74. The first-order valence-electron chi connectivity index (χ1n) is 2.98. The molecule has 0 saturated heterocycles. The molecule has 0 atom stereocenters. The number of hydrogen-bond acceptors (Lipinski definition) is 4. The number of hydrogen-bond donors (Lipinski definition) is 1. The van der Waals surface area contributed by atoms with Crippen LogP contribution in [0.25, 0.3) is 0 Å². The van der Waals surface area contributed by atoms with Crippen LogP contribution in [0.4, 0.5) is 0 Å². The van der Waals surface area contributed by atoms with Gasteiger partial charge in [0.15, 0.2) is 0 Å². The van der Waals surface area contributed by atoms with Crippen LogP contribution in [0.1, 0.15) is 0 Å². The van der Waals surface area contributed by atoms with Crippen LogP contribution in [0.5, 0.6) is 0 Å². The molecule has 0 amide bonds. The smallest absolute Gasteiger partial charge is 0.225 e. The number of rotatable bonds is 5. The molecule has 0 aromatic rings. The van der Waals surface area contributed by atoms with E-state index in [9.17, 15) is 16.8 Å². The summed E-state index contributed by atoms with van der Waals surface area (Å²) < 4.78 is 44.4. The van der Waals surface area contributed by atoms with Crippen molar-refractivity contribution >= 4 is 31.5 Å². The van der Waals surface area contributed by atoms with Gasteiger partial charge in [0.1, 0.15) is 15.0 Å². The second-order valence-corrected chi connectivity index (χ2v) is 6.90. The van der Waals surface area contributed by atoms with E-state index < -0.39 is 25.1 Å². The van der Waals surface area contributed by atoms with Crippen LogP contribution in [0, 0.1) is 0 Å². The molecule has 0 heterocycles. The molecule has 8 heteroatoms. The molecule has 0 aromatic carbocycles. The monoisotopic (exact) mass is 235 g/mol. The minimum Gasteiger partial charge on any atom is -0.229 e. The maximum absolute atomic E-state index is 10.6. The van der Waals surface area contributed by atoms with Crippen LogP contribution in [-0.4, -0.2) is 40.6 Å². The van der Waals surface area contributed by atoms with E-state index >= 15 is 0 Å². The fraction of sp³-hybridized carbons (Fsp3) is 1.00. The average molecular weight is 236 g/mol. The third kappa shape index (κ3) is 6.84. The van der Waals surface area contributed by atoms with E-state index in [1.165, 1.54) is 0 Å². The van der Waals surface area contributed by atoms with Crippen molar-refractivity contribution in [3.05, 3.63) is 0 Å². The Hall–Kier alpha value is 0.150. The lowest BCUT2D eigenvalue weighted by molar-refractivity contribution is 0.586. The van der Waals surface area contributed by atoms with Gasteiger partial charge in [0.2, 0.25) is 10.0 Å². The molecule has 5 nitrogen and oxygen atoms in total. The summed E-state index contributed by atoms with van der Waals surface area (Å²) in [5, 5.41) is -0.559. The molecule has 0 unspecified atom stereocenters. The molecule has 12 heavy (non-hydrogen) atoms. The largest absolute Gasteiger partial charge is 0.229 e. The molecule has 0 aliphatic carbocycles. The van der Waals surface area contributed by atoms with Crippen molar-refractivity contribution in [2.75, 3.05) is 23.8 Å². The zero-order valence-corrected chi connectivity index (χ0v) is 8.84. The number of nitrogens with one attached hydrogen (secondary N) is 1. The van der Waals surface area contributed by atoms with Crippen molar-refractivity contribution in [1.29, 1.82) is 0 Å². The van der Waals surface area contributed by atoms with Crippen LogP contribution in [0.15, 0.2) is 0 Å². The van der Waals surface area contributed by atoms with Gasteiger partial charge >= 0.3 is 0 Å². The summed E-state index contributed by atoms with van der Waals surface area (Å²) in [6.07, 6.45) is 1.03. The highest BCUT2D eigenvalue weighted by molar-refractivity contribution is 7.91. The van der Waals surface area contributed by atoms with Crippen molar-refractivity contribution in [1.82, 2.24) is 4.72 Å². The fourth-order valence-electron chi connectivity index (χ4n) is 0.421. The summed E-state index contributed by atoms with van der Waals surface area (Å²) in [5.74, 6) is -0.219. The molecule has 1 N–H and O–H groups in total. The SMILES string of the molecule is CS(=O)(=O)CCNS(=O)(=O)CCl. The van der Waals surface area contributed by atoms with E-state index in [4.69, 9.17) is 11.6 Å². The lowest BCUT2D eigenvalue weighted by Crippen LogP contribution is -2.29. The maximum Gasteiger partial charge on any atom is 0.225 e. The van der Waals surface area contributed by atoms with E-state index in [0.29, 0.717) is 0 Å². The van der Waals surface area contributed by atoms with Crippen LogP contribution >= 0.6 is 11.6 Å². The number of sulfone groups is 1. The second-order valence-electron chi connectivity index (χ2n) is 2.25. The van der Waals surface area contributed by atoms with Crippen molar-refractivity contribution in [3.8, 4) is 0 Å². The Morgan fingerprint density at radius 2 is 1.75 bits per heavy atom. The molecule has 0 aromatic heterocycles. The summed E-state index contributed by atoms with van der Waals surface area (Å²) in [6.45, 7) is -0.131. The quantitative estimate of drug-likeness (QED) is 0.630. The molecule has 0 bridgehead atoms. The molecular formula is C4H10ClNO4S2. The highest BCUT2D eigenvalue weighted by atomic mass is 35.5. The molecule has 74 valence electrons. The normalized spacial score (nSPS) is 13.2. The number of alkyl halides is 1. The molecule has 0 spiro atoms. The summed E-state index contributed by atoms with van der Waals surface area (Å²) in [4.78, 5) is 0. The molecular weight excluding hydrogens is 226 g/mol. The van der Waals surface area contributed by atoms with Gasteiger partial charge in [-0.15, -0.1) is 11.6 Å². The Morgan fingerprint density at radius 1 is 1.25 bits per heavy atom. The van der Waals surface area contributed by atoms with Crippen molar-refractivity contribution in [3.63, 3.8) is 0 Å². The Bertz CT molecular complexity index is 319. The predicted molar refractivity (Wildman–Crippen MR) is 47.4 cm³/mol. The van der Waals surface area contributed by atoms with Crippen LogP contribution < -0.4 is 4.72 Å². The molecule has 0 aliphatic rings. The van der Waals surface area contributed by atoms with Gasteiger partial charge < -0.3 is 0 Å². The lowest BCUT2D eigenvalue weighted by atomic mass is 10.8. The van der Waals surface area contributed by atoms with Gasteiger partial charge in [-0.25, -0.2) is 21.6 Å². The van der Waals surface area contributed by atoms with Gasteiger partial charge in [-0.1, -0.05) is 0 Å². The first-order valence-corrected chi connectivity index (χ1v) is 7.22. The Morgan fingerprint density at radius 3 is 2.08 bits per heavy atom. The number of sulfonamides is 1. The van der Waals surface area contributed by atoms with Gasteiger partial charge in [0.25, 0.3) is 0 Å². The van der Waals surface area contributed by atoms with Crippen LogP contribution in [0.2, 0.25) is 0 Å². The summed E-state index contributed by atoms with van der Waals surface area (Å²) in [6, 6.07) is 0. The van der Waals surface area contributed by atoms with E-state index in [1.807, 2.05) is 4.72 Å². The van der Waals surface area contributed by atoms with Crippen molar-refractivity contribution in [2.45, 2.75) is 0 Å². The molecule has 0 aliphatic heterocycles. The van der Waals surface area contributed by atoms with Crippen molar-refractivity contribution < 1.29 is 16.8 Å². The van der Waals surface area contributed by atoms with E-state index in [2.05, 4.69) is 0 Å². The zero-order chi connectivity index (χ0) is 9.83. The minimum atomic E-state index is -3.49. The average Bonchev–Trinajstić information content (AvgIpc) is 1.84. The zero-order valence-electron chi connectivity index (χ0n) is 6.45. The summed E-state index contributed by atoms with van der Waals surface area (Å²) in [5.41, 5.74) is 0. The highest BCUT2D eigenvalue weighted by Crippen LogP contribution is 1.88. The lowest BCUT2D eigenvalue weighted by Gasteiger charge is -2.01. The topological polar surface area (TPSA) is 80.3 Å². The van der Waals surface area contributed by atoms with Gasteiger partial charge in [-0.3, -0.25) is 0 Å². The predicted octanol–water partition coefficient (Wildman–Crippen LogP) is -0.853. The molecule has 0 rings (SSSR count). The molecule has 0 saturated carbocycles. The minimum absolute atomic E-state index is 0.131. The van der Waals surface area contributed by atoms with E-state index in [0.717, 1.165) is 6.26 Å². The van der Waals surface area contributed by atoms with Gasteiger partial charge in [-0.05, 0) is 0 Å². The van der Waals surface area contributed by atoms with E-state index in [1.54, 1.807) is 0 Å². The van der Waals surface area contributed by atoms with Gasteiger partial charge in [0.05, 0.1) is 5.75 Å². The van der Waals surface area contributed by atoms with Gasteiger partial charge in [-0.2, -0.15) is 0 Å². The standard InChI is InChI=1S/C4H10ClNO4S2/c1-11(7,8)3-2-6-12(9,10)4-5/h6H,2-4H2,1H3. The highest BCUT2D eigenvalue weighted by Gasteiger charge is 2.08. The van der Waals surface area contributed by atoms with Crippen LogP contribution in [0.3, 0.4) is 0 Å². The third-order valence-electron chi connectivity index (χ3n) is 0.938. The maximum atomic E-state index is 10.6. The van der Waals surface area contributed by atoms with Crippen molar-refractivity contribution in [2.24, 2.45) is 0 Å². The second kappa shape index (κ2) is 4.40. The summed E-state index contributed by atoms with van der Waals surface area (Å²) in [7, 11) is -6.62. The molecule has 0 radical (unpaired) electrons. The first kappa shape index (κ1) is 12.2. The number of halogens is 1. The molecule has 0 fully saturated rings. The Kier molecular flexibility index (Phi) is 4.46. The van der Waals surface area contributed by atoms with Crippen LogP contribution in [-0.2, 0) is 19.9 Å². The first-order chi connectivity index (χ1) is 5.27. The van der Waals surface area contributed by atoms with Gasteiger partial charge in [0, 0.05) is 12.8 Å².